The van der Waals surface area contributed by atoms with Crippen LogP contribution in [0.3, 0.4) is 0 Å². The number of carboxylic acids is 1. The summed E-state index contributed by atoms with van der Waals surface area (Å²) in [7, 11) is 0. The fraction of sp³-hybridized carbons (Fsp3) is 0.200. The van der Waals surface area contributed by atoms with Gasteiger partial charge in [-0.05, 0) is 36.6 Å². The van der Waals surface area contributed by atoms with Crippen molar-refractivity contribution in [1.29, 1.82) is 0 Å². The Morgan fingerprint density at radius 1 is 1.16 bits per heavy atom. The number of rotatable bonds is 4. The number of benzene rings is 1. The zero-order valence-electron chi connectivity index (χ0n) is 10.9. The highest BCUT2D eigenvalue weighted by Crippen LogP contribution is 2.13. The van der Waals surface area contributed by atoms with Gasteiger partial charge < -0.3 is 10.1 Å². The van der Waals surface area contributed by atoms with E-state index < -0.39 is 5.97 Å². The number of hydrogen-bond donors (Lipinski definition) is 2. The molecule has 1 heterocycles. The van der Waals surface area contributed by atoms with Crippen LogP contribution in [-0.2, 0) is 6.42 Å². The van der Waals surface area contributed by atoms with Crippen LogP contribution in [0.2, 0.25) is 0 Å². The maximum atomic E-state index is 12.0. The third-order valence-corrected chi connectivity index (χ3v) is 3.17. The molecule has 0 aliphatic heterocycles. The van der Waals surface area contributed by atoms with E-state index in [1.807, 2.05) is 32.0 Å². The van der Waals surface area contributed by atoms with Crippen LogP contribution in [0.1, 0.15) is 37.5 Å². The fourth-order valence-corrected chi connectivity index (χ4v) is 1.88. The monoisotopic (exact) mass is 257 g/mol. The molecule has 19 heavy (non-hydrogen) atoms. The van der Waals surface area contributed by atoms with Gasteiger partial charge >= 0.3 is 5.97 Å². The van der Waals surface area contributed by atoms with E-state index >= 15 is 0 Å². The van der Waals surface area contributed by atoms with Crippen molar-refractivity contribution in [2.45, 2.75) is 20.3 Å². The van der Waals surface area contributed by atoms with Crippen LogP contribution < -0.4 is 0 Å². The zero-order chi connectivity index (χ0) is 14.0. The molecule has 0 saturated heterocycles. The Bertz CT molecular complexity index is 641. The summed E-state index contributed by atoms with van der Waals surface area (Å²) in [5.41, 5.74) is 3.70. The molecule has 0 aliphatic carbocycles. The van der Waals surface area contributed by atoms with Crippen LogP contribution in [0.25, 0.3) is 0 Å². The van der Waals surface area contributed by atoms with Crippen molar-refractivity contribution in [2.24, 2.45) is 0 Å². The molecule has 0 saturated carbocycles. The summed E-state index contributed by atoms with van der Waals surface area (Å²) in [5, 5.41) is 8.79. The molecule has 0 unspecified atom stereocenters. The summed E-state index contributed by atoms with van der Waals surface area (Å²) in [5.74, 6) is -1.16. The molecular weight excluding hydrogens is 242 g/mol. The summed E-state index contributed by atoms with van der Waals surface area (Å²) in [4.78, 5) is 25.3. The lowest BCUT2D eigenvalue weighted by molar-refractivity contribution is 0.0691. The van der Waals surface area contributed by atoms with Crippen molar-refractivity contribution in [3.63, 3.8) is 0 Å². The number of carbonyl (C=O) groups is 2. The maximum Gasteiger partial charge on any atom is 0.352 e. The highest BCUT2D eigenvalue weighted by Gasteiger charge is 2.12. The predicted molar refractivity (Wildman–Crippen MR) is 71.7 cm³/mol. The molecule has 4 nitrogen and oxygen atoms in total. The lowest BCUT2D eigenvalue weighted by Gasteiger charge is -2.04. The molecule has 2 N–H and O–H groups in total. The third-order valence-electron chi connectivity index (χ3n) is 3.17. The van der Waals surface area contributed by atoms with Crippen LogP contribution in [0.5, 0.6) is 0 Å². The Morgan fingerprint density at radius 3 is 2.47 bits per heavy atom. The number of Topliss-reactive ketones (excluding diaryl/α,β-unsaturated/α-hetero) is 1. The molecule has 4 heteroatoms. The first-order valence-corrected chi connectivity index (χ1v) is 5.98. The SMILES string of the molecule is Cc1ccc(CC(=O)c2c[nH]c(C(=O)O)c2)cc1C. The molecule has 0 radical (unpaired) electrons. The van der Waals surface area contributed by atoms with Crippen molar-refractivity contribution in [2.75, 3.05) is 0 Å². The van der Waals surface area contributed by atoms with Crippen molar-refractivity contribution in [3.05, 3.63) is 58.4 Å². The molecule has 98 valence electrons. The van der Waals surface area contributed by atoms with E-state index in [0.717, 1.165) is 11.1 Å². The van der Waals surface area contributed by atoms with Gasteiger partial charge in [0.1, 0.15) is 5.69 Å². The molecule has 0 aliphatic rings. The molecule has 2 rings (SSSR count). The summed E-state index contributed by atoms with van der Waals surface area (Å²) in [6.45, 7) is 4.02. The average Bonchev–Trinajstić information content (AvgIpc) is 2.83. The highest BCUT2D eigenvalue weighted by atomic mass is 16.4. The zero-order valence-corrected chi connectivity index (χ0v) is 10.9. The number of aromatic nitrogens is 1. The quantitative estimate of drug-likeness (QED) is 0.827. The van der Waals surface area contributed by atoms with Gasteiger partial charge in [-0.15, -0.1) is 0 Å². The second-order valence-electron chi connectivity index (χ2n) is 4.63. The molecular formula is C15H15NO3. The maximum absolute atomic E-state index is 12.0. The van der Waals surface area contributed by atoms with Crippen molar-refractivity contribution < 1.29 is 14.7 Å². The van der Waals surface area contributed by atoms with Crippen LogP contribution in [0.15, 0.2) is 30.5 Å². The first kappa shape index (κ1) is 13.1. The van der Waals surface area contributed by atoms with E-state index in [1.165, 1.54) is 17.8 Å². The molecule has 1 aromatic heterocycles. The Kier molecular flexibility index (Phi) is 3.51. The van der Waals surface area contributed by atoms with Gasteiger partial charge in [0.15, 0.2) is 5.78 Å². The second kappa shape index (κ2) is 5.10. The number of aryl methyl sites for hydroxylation is 2. The Morgan fingerprint density at radius 2 is 1.89 bits per heavy atom. The van der Waals surface area contributed by atoms with Crippen molar-refractivity contribution in [3.8, 4) is 0 Å². The summed E-state index contributed by atoms with van der Waals surface area (Å²) >= 11 is 0. The number of aromatic carboxylic acids is 1. The summed E-state index contributed by atoms with van der Waals surface area (Å²) in [6, 6.07) is 7.26. The molecule has 0 bridgehead atoms. The number of ketones is 1. The van der Waals surface area contributed by atoms with Gasteiger partial charge in [-0.2, -0.15) is 0 Å². The molecule has 2 aromatic rings. The van der Waals surface area contributed by atoms with Crippen LogP contribution in [0, 0.1) is 13.8 Å². The minimum atomic E-state index is -1.06. The summed E-state index contributed by atoms with van der Waals surface area (Å²) < 4.78 is 0. The number of carboxylic acid groups (broad SMARTS) is 1. The molecule has 0 fully saturated rings. The van der Waals surface area contributed by atoms with Crippen molar-refractivity contribution >= 4 is 11.8 Å². The van der Waals surface area contributed by atoms with E-state index in [2.05, 4.69) is 4.98 Å². The van der Waals surface area contributed by atoms with Gasteiger partial charge in [-0.1, -0.05) is 18.2 Å². The first-order valence-electron chi connectivity index (χ1n) is 5.98. The van der Waals surface area contributed by atoms with E-state index in [-0.39, 0.29) is 17.9 Å². The minimum Gasteiger partial charge on any atom is -0.477 e. The Labute approximate surface area is 111 Å². The molecule has 0 amide bonds. The van der Waals surface area contributed by atoms with Gasteiger partial charge in [-0.3, -0.25) is 4.79 Å². The van der Waals surface area contributed by atoms with Crippen molar-refractivity contribution in [1.82, 2.24) is 4.98 Å². The second-order valence-corrected chi connectivity index (χ2v) is 4.63. The van der Waals surface area contributed by atoms with E-state index in [1.54, 1.807) is 0 Å². The lowest BCUT2D eigenvalue weighted by atomic mass is 10.0. The predicted octanol–water partition coefficient (Wildman–Crippen LogP) is 2.76. The standard InChI is InChI=1S/C15H15NO3/c1-9-3-4-11(5-10(9)2)6-14(17)12-7-13(15(18)19)16-8-12/h3-5,7-8,16H,6H2,1-2H3,(H,18,19). The number of H-pyrrole nitrogens is 1. The van der Waals surface area contributed by atoms with E-state index in [4.69, 9.17) is 5.11 Å². The van der Waals surface area contributed by atoms with Gasteiger partial charge in [0.25, 0.3) is 0 Å². The number of aromatic amines is 1. The molecule has 1 aromatic carbocycles. The third kappa shape index (κ3) is 2.91. The van der Waals surface area contributed by atoms with Gasteiger partial charge in [0.05, 0.1) is 0 Å². The minimum absolute atomic E-state index is 0.0310. The number of hydrogen-bond acceptors (Lipinski definition) is 2. The van der Waals surface area contributed by atoms with Crippen LogP contribution >= 0.6 is 0 Å². The molecule has 0 atom stereocenters. The van der Waals surface area contributed by atoms with Gasteiger partial charge in [0, 0.05) is 18.2 Å². The Balaban J connectivity index is 2.15. The van der Waals surface area contributed by atoms with E-state index in [0.29, 0.717) is 5.56 Å². The number of carbonyl (C=O) groups excluding carboxylic acids is 1. The first-order chi connectivity index (χ1) is 8.97. The fourth-order valence-electron chi connectivity index (χ4n) is 1.88. The topological polar surface area (TPSA) is 70.2 Å². The average molecular weight is 257 g/mol. The highest BCUT2D eigenvalue weighted by molar-refractivity contribution is 5.99. The number of nitrogens with one attached hydrogen (secondary N) is 1. The van der Waals surface area contributed by atoms with Gasteiger partial charge in [-0.25, -0.2) is 4.79 Å². The largest absolute Gasteiger partial charge is 0.477 e. The normalized spacial score (nSPS) is 10.4. The van der Waals surface area contributed by atoms with Crippen LogP contribution in [-0.4, -0.2) is 21.8 Å². The van der Waals surface area contributed by atoms with Crippen LogP contribution in [0.4, 0.5) is 0 Å². The van der Waals surface area contributed by atoms with Gasteiger partial charge in [0.2, 0.25) is 0 Å². The lowest BCUT2D eigenvalue weighted by Crippen LogP contribution is -2.03. The summed E-state index contributed by atoms with van der Waals surface area (Å²) in [6.07, 6.45) is 1.71. The smallest absolute Gasteiger partial charge is 0.352 e. The van der Waals surface area contributed by atoms with E-state index in [9.17, 15) is 9.59 Å². The Hall–Kier alpha value is -2.36. The molecule has 0 spiro atoms.